The van der Waals surface area contributed by atoms with Gasteiger partial charge in [-0.05, 0) is 36.9 Å². The van der Waals surface area contributed by atoms with E-state index >= 15 is 0 Å². The Balaban J connectivity index is 1.62. The van der Waals surface area contributed by atoms with Crippen molar-refractivity contribution in [3.63, 3.8) is 0 Å². The number of nitrogens with one attached hydrogen (secondary N) is 1. The standard InChI is InChI=1S/C24H23N3O2S/c1-3-15-27-23(29)19-12-6-7-13-21(19)26-24(27)30-16(2)22(28)25-20-14-8-10-17-9-4-5-11-18(17)20/h4-14,16H,3,15H2,1-2H3,(H,25,28)/t16-/m1/s1. The predicted octanol–water partition coefficient (Wildman–Crippen LogP) is 5.08. The Bertz CT molecular complexity index is 1280. The molecule has 1 aromatic heterocycles. The van der Waals surface area contributed by atoms with Gasteiger partial charge in [0.2, 0.25) is 5.91 Å². The Hall–Kier alpha value is -3.12. The number of aromatic nitrogens is 2. The Morgan fingerprint density at radius 3 is 2.53 bits per heavy atom. The van der Waals surface area contributed by atoms with E-state index in [-0.39, 0.29) is 11.5 Å². The third-order valence-electron chi connectivity index (χ3n) is 4.97. The van der Waals surface area contributed by atoms with Crippen molar-refractivity contribution in [2.75, 3.05) is 5.32 Å². The number of fused-ring (bicyclic) bond motifs is 2. The molecule has 0 spiro atoms. The molecule has 0 aliphatic rings. The van der Waals surface area contributed by atoms with E-state index < -0.39 is 5.25 Å². The number of thioether (sulfide) groups is 1. The van der Waals surface area contributed by atoms with Gasteiger partial charge in [0.05, 0.1) is 16.2 Å². The largest absolute Gasteiger partial charge is 0.325 e. The lowest BCUT2D eigenvalue weighted by atomic mass is 10.1. The second-order valence-corrected chi connectivity index (χ2v) is 8.45. The zero-order valence-electron chi connectivity index (χ0n) is 17.0. The van der Waals surface area contributed by atoms with Gasteiger partial charge in [0, 0.05) is 17.6 Å². The van der Waals surface area contributed by atoms with Crippen molar-refractivity contribution in [3.8, 4) is 0 Å². The molecule has 0 bridgehead atoms. The molecule has 0 saturated heterocycles. The maximum Gasteiger partial charge on any atom is 0.262 e. The van der Waals surface area contributed by atoms with Crippen molar-refractivity contribution in [2.24, 2.45) is 0 Å². The molecule has 152 valence electrons. The summed E-state index contributed by atoms with van der Waals surface area (Å²) in [6.07, 6.45) is 0.810. The van der Waals surface area contributed by atoms with Crippen LogP contribution in [0.3, 0.4) is 0 Å². The van der Waals surface area contributed by atoms with E-state index in [1.54, 1.807) is 10.6 Å². The molecule has 4 aromatic rings. The van der Waals surface area contributed by atoms with E-state index in [0.717, 1.165) is 22.9 Å². The van der Waals surface area contributed by atoms with E-state index in [1.807, 2.05) is 74.5 Å². The molecule has 1 heterocycles. The zero-order valence-corrected chi connectivity index (χ0v) is 17.8. The second kappa shape index (κ2) is 8.71. The molecule has 30 heavy (non-hydrogen) atoms. The highest BCUT2D eigenvalue weighted by Crippen LogP contribution is 2.26. The highest BCUT2D eigenvalue weighted by atomic mass is 32.2. The van der Waals surface area contributed by atoms with Crippen LogP contribution in [-0.2, 0) is 11.3 Å². The smallest absolute Gasteiger partial charge is 0.262 e. The number of nitrogens with zero attached hydrogens (tertiary/aromatic N) is 2. The summed E-state index contributed by atoms with van der Waals surface area (Å²) in [4.78, 5) is 30.5. The Morgan fingerprint density at radius 2 is 1.73 bits per heavy atom. The topological polar surface area (TPSA) is 64.0 Å². The summed E-state index contributed by atoms with van der Waals surface area (Å²) in [7, 11) is 0. The molecular weight excluding hydrogens is 394 g/mol. The van der Waals surface area contributed by atoms with Crippen LogP contribution in [0.4, 0.5) is 5.69 Å². The van der Waals surface area contributed by atoms with Gasteiger partial charge in [-0.15, -0.1) is 0 Å². The van der Waals surface area contributed by atoms with Gasteiger partial charge < -0.3 is 5.32 Å². The van der Waals surface area contributed by atoms with Gasteiger partial charge in [0.1, 0.15) is 0 Å². The first-order valence-corrected chi connectivity index (χ1v) is 10.9. The van der Waals surface area contributed by atoms with Gasteiger partial charge >= 0.3 is 0 Å². The minimum Gasteiger partial charge on any atom is -0.325 e. The lowest BCUT2D eigenvalue weighted by molar-refractivity contribution is -0.115. The maximum absolute atomic E-state index is 12.9. The quantitative estimate of drug-likeness (QED) is 0.351. The van der Waals surface area contributed by atoms with Gasteiger partial charge in [-0.3, -0.25) is 14.2 Å². The first-order valence-electron chi connectivity index (χ1n) is 10.0. The van der Waals surface area contributed by atoms with Gasteiger partial charge in [0.25, 0.3) is 5.56 Å². The van der Waals surface area contributed by atoms with Gasteiger partial charge in [-0.25, -0.2) is 4.98 Å². The summed E-state index contributed by atoms with van der Waals surface area (Å²) < 4.78 is 1.68. The maximum atomic E-state index is 12.9. The summed E-state index contributed by atoms with van der Waals surface area (Å²) in [5, 5.41) is 5.86. The molecule has 0 radical (unpaired) electrons. The third kappa shape index (κ3) is 3.96. The molecule has 0 unspecified atom stereocenters. The molecule has 3 aromatic carbocycles. The van der Waals surface area contributed by atoms with Crippen LogP contribution in [0.2, 0.25) is 0 Å². The Labute approximate surface area is 179 Å². The van der Waals surface area contributed by atoms with Crippen molar-refractivity contribution in [3.05, 3.63) is 77.1 Å². The van der Waals surface area contributed by atoms with Gasteiger partial charge in [-0.1, -0.05) is 67.2 Å². The fraction of sp³-hybridized carbons (Fsp3) is 0.208. The molecule has 0 aliphatic heterocycles. The lowest BCUT2D eigenvalue weighted by Crippen LogP contribution is -2.27. The number of para-hydroxylation sites is 1. The van der Waals surface area contributed by atoms with Gasteiger partial charge in [-0.2, -0.15) is 0 Å². The zero-order chi connectivity index (χ0) is 21.1. The molecule has 1 atom stereocenters. The summed E-state index contributed by atoms with van der Waals surface area (Å²) in [5.41, 5.74) is 1.37. The van der Waals surface area contributed by atoms with E-state index in [4.69, 9.17) is 0 Å². The Kier molecular flexibility index (Phi) is 5.86. The average molecular weight is 418 g/mol. The molecule has 5 nitrogen and oxygen atoms in total. The first kappa shape index (κ1) is 20.2. The highest BCUT2D eigenvalue weighted by Gasteiger charge is 2.20. The van der Waals surface area contributed by atoms with Crippen LogP contribution < -0.4 is 10.9 Å². The fourth-order valence-electron chi connectivity index (χ4n) is 3.44. The number of hydrogen-bond donors (Lipinski definition) is 1. The van der Waals surface area contributed by atoms with Crippen molar-refractivity contribution in [2.45, 2.75) is 37.2 Å². The van der Waals surface area contributed by atoms with Crippen molar-refractivity contribution in [1.29, 1.82) is 0 Å². The number of anilines is 1. The second-order valence-electron chi connectivity index (χ2n) is 7.14. The molecule has 4 rings (SSSR count). The van der Waals surface area contributed by atoms with Crippen LogP contribution in [0.5, 0.6) is 0 Å². The number of amides is 1. The van der Waals surface area contributed by atoms with E-state index in [9.17, 15) is 9.59 Å². The molecule has 1 N–H and O–H groups in total. The predicted molar refractivity (Wildman–Crippen MR) is 124 cm³/mol. The highest BCUT2D eigenvalue weighted by molar-refractivity contribution is 8.00. The molecular formula is C24H23N3O2S. The van der Waals surface area contributed by atoms with Crippen molar-refractivity contribution >= 4 is 45.0 Å². The monoisotopic (exact) mass is 417 g/mol. The van der Waals surface area contributed by atoms with Gasteiger partial charge in [0.15, 0.2) is 5.16 Å². The fourth-order valence-corrected chi connectivity index (χ4v) is 4.37. The molecule has 0 aliphatic carbocycles. The first-order chi connectivity index (χ1) is 14.6. The molecule has 0 saturated carbocycles. The lowest BCUT2D eigenvalue weighted by Gasteiger charge is -2.16. The molecule has 6 heteroatoms. The van der Waals surface area contributed by atoms with Crippen molar-refractivity contribution < 1.29 is 4.79 Å². The van der Waals surface area contributed by atoms with E-state index in [1.165, 1.54) is 11.8 Å². The van der Waals surface area contributed by atoms with E-state index in [0.29, 0.717) is 22.6 Å². The number of rotatable bonds is 6. The minimum atomic E-state index is -0.417. The summed E-state index contributed by atoms with van der Waals surface area (Å²) in [5.74, 6) is -0.123. The SMILES string of the molecule is CCCn1c(S[C@H](C)C(=O)Nc2cccc3ccccc23)nc2ccccc2c1=O. The number of hydrogen-bond acceptors (Lipinski definition) is 4. The van der Waals surface area contributed by atoms with E-state index in [2.05, 4.69) is 10.3 Å². The molecule has 1 amide bonds. The molecule has 0 fully saturated rings. The average Bonchev–Trinajstić information content (AvgIpc) is 2.76. The van der Waals surface area contributed by atoms with Crippen LogP contribution in [0, 0.1) is 0 Å². The summed E-state index contributed by atoms with van der Waals surface area (Å²) in [6, 6.07) is 21.1. The van der Waals surface area contributed by atoms with Crippen LogP contribution in [0.1, 0.15) is 20.3 Å². The summed E-state index contributed by atoms with van der Waals surface area (Å²) >= 11 is 1.31. The normalized spacial score (nSPS) is 12.2. The number of benzene rings is 3. The Morgan fingerprint density at radius 1 is 1.03 bits per heavy atom. The van der Waals surface area contributed by atoms with Crippen LogP contribution in [-0.4, -0.2) is 20.7 Å². The van der Waals surface area contributed by atoms with Crippen LogP contribution >= 0.6 is 11.8 Å². The van der Waals surface area contributed by atoms with Crippen molar-refractivity contribution in [1.82, 2.24) is 9.55 Å². The number of carbonyl (C=O) groups is 1. The number of carbonyl (C=O) groups excluding carboxylic acids is 1. The third-order valence-corrected chi connectivity index (χ3v) is 6.06. The summed E-state index contributed by atoms with van der Waals surface area (Å²) in [6.45, 7) is 4.42. The van der Waals surface area contributed by atoms with Crippen LogP contribution in [0.15, 0.2) is 76.7 Å². The van der Waals surface area contributed by atoms with Crippen LogP contribution in [0.25, 0.3) is 21.7 Å². The minimum absolute atomic E-state index is 0.0633.